The van der Waals surface area contributed by atoms with E-state index >= 15 is 0 Å². The third-order valence-corrected chi connectivity index (χ3v) is 2.17. The monoisotopic (exact) mass is 177 g/mol. The normalized spacial score (nSPS) is 17.9. The molecule has 0 amide bonds. The summed E-state index contributed by atoms with van der Waals surface area (Å²) in [6.45, 7) is 2.04. The lowest BCUT2D eigenvalue weighted by Gasteiger charge is -2.11. The molecule has 0 aromatic carbocycles. The zero-order chi connectivity index (χ0) is 9.31. The second-order valence-corrected chi connectivity index (χ2v) is 3.57. The molecule has 0 atom stereocenters. The van der Waals surface area contributed by atoms with E-state index in [-0.39, 0.29) is 5.60 Å². The molecule has 3 nitrogen and oxygen atoms in total. The predicted octanol–water partition coefficient (Wildman–Crippen LogP) is 1.83. The van der Waals surface area contributed by atoms with Crippen molar-refractivity contribution in [1.29, 1.82) is 0 Å². The van der Waals surface area contributed by atoms with Crippen molar-refractivity contribution in [2.24, 2.45) is 0 Å². The maximum absolute atomic E-state index is 10.4. The van der Waals surface area contributed by atoms with E-state index in [0.717, 1.165) is 19.1 Å². The molecule has 1 heterocycles. The molecule has 68 valence electrons. The highest BCUT2D eigenvalue weighted by Crippen LogP contribution is 2.38. The first kappa shape index (κ1) is 8.23. The summed E-state index contributed by atoms with van der Waals surface area (Å²) >= 11 is 0. The van der Waals surface area contributed by atoms with Crippen LogP contribution in [0.4, 0.5) is 0 Å². The minimum atomic E-state index is -0.0332. The summed E-state index contributed by atoms with van der Waals surface area (Å²) in [6.07, 6.45) is 2.86. The summed E-state index contributed by atoms with van der Waals surface area (Å²) in [5.41, 5.74) is 0.385. The molecule has 1 fully saturated rings. The van der Waals surface area contributed by atoms with Crippen LogP contribution in [0.25, 0.3) is 0 Å². The summed E-state index contributed by atoms with van der Waals surface area (Å²) < 4.78 is 5.59. The molecule has 1 aromatic heterocycles. The van der Waals surface area contributed by atoms with Gasteiger partial charge in [0, 0.05) is 6.07 Å². The number of rotatable bonds is 3. The molecule has 1 aliphatic carbocycles. The summed E-state index contributed by atoms with van der Waals surface area (Å²) in [4.78, 5) is 14.4. The fourth-order valence-corrected chi connectivity index (χ4v) is 1.08. The van der Waals surface area contributed by atoms with Gasteiger partial charge in [-0.25, -0.2) is 4.98 Å². The number of hydrogen-bond donors (Lipinski definition) is 0. The second-order valence-electron chi connectivity index (χ2n) is 3.57. The molecule has 13 heavy (non-hydrogen) atoms. The van der Waals surface area contributed by atoms with Gasteiger partial charge in [-0.05, 0) is 25.8 Å². The Kier molecular flexibility index (Phi) is 1.79. The lowest BCUT2D eigenvalue weighted by Crippen LogP contribution is -2.13. The molecule has 0 radical (unpaired) electrons. The Labute approximate surface area is 76.7 Å². The van der Waals surface area contributed by atoms with E-state index in [1.807, 2.05) is 6.92 Å². The van der Waals surface area contributed by atoms with Crippen LogP contribution in [-0.2, 0) is 0 Å². The molecule has 0 spiro atoms. The van der Waals surface area contributed by atoms with Gasteiger partial charge in [-0.15, -0.1) is 0 Å². The highest BCUT2D eigenvalue weighted by molar-refractivity contribution is 5.71. The van der Waals surface area contributed by atoms with Crippen LogP contribution in [0.2, 0.25) is 0 Å². The van der Waals surface area contributed by atoms with Gasteiger partial charge in [0.1, 0.15) is 11.3 Å². The van der Waals surface area contributed by atoms with Gasteiger partial charge in [-0.2, -0.15) is 0 Å². The molecule has 3 heteroatoms. The minimum Gasteiger partial charge on any atom is -0.471 e. The highest BCUT2D eigenvalue weighted by Gasteiger charge is 2.40. The Morgan fingerprint density at radius 2 is 2.31 bits per heavy atom. The van der Waals surface area contributed by atoms with Crippen LogP contribution < -0.4 is 4.74 Å². The van der Waals surface area contributed by atoms with Crippen LogP contribution in [0.1, 0.15) is 30.3 Å². The van der Waals surface area contributed by atoms with Gasteiger partial charge in [0.05, 0.1) is 0 Å². The van der Waals surface area contributed by atoms with Crippen LogP contribution >= 0.6 is 0 Å². The number of hydrogen-bond acceptors (Lipinski definition) is 3. The first-order chi connectivity index (χ1) is 6.22. The van der Waals surface area contributed by atoms with E-state index in [1.54, 1.807) is 18.2 Å². The zero-order valence-electron chi connectivity index (χ0n) is 7.49. The van der Waals surface area contributed by atoms with Crippen molar-refractivity contribution >= 4 is 6.29 Å². The van der Waals surface area contributed by atoms with E-state index in [0.29, 0.717) is 11.6 Å². The summed E-state index contributed by atoms with van der Waals surface area (Å²) in [7, 11) is 0. The Morgan fingerprint density at radius 1 is 1.54 bits per heavy atom. The fourth-order valence-electron chi connectivity index (χ4n) is 1.08. The molecule has 0 bridgehead atoms. The first-order valence-corrected chi connectivity index (χ1v) is 4.33. The van der Waals surface area contributed by atoms with E-state index < -0.39 is 0 Å². The molecule has 0 unspecified atom stereocenters. The quantitative estimate of drug-likeness (QED) is 0.661. The zero-order valence-corrected chi connectivity index (χ0v) is 7.49. The molecule has 2 rings (SSSR count). The number of pyridine rings is 1. The van der Waals surface area contributed by atoms with Gasteiger partial charge in [0.15, 0.2) is 6.29 Å². The maximum atomic E-state index is 10.4. The van der Waals surface area contributed by atoms with Crippen LogP contribution in [0.15, 0.2) is 18.2 Å². The highest BCUT2D eigenvalue weighted by atomic mass is 16.5. The Morgan fingerprint density at radius 3 is 2.92 bits per heavy atom. The third kappa shape index (κ3) is 1.86. The Bertz CT molecular complexity index is 331. The molecule has 0 saturated heterocycles. The van der Waals surface area contributed by atoms with E-state index in [2.05, 4.69) is 4.98 Å². The predicted molar refractivity (Wildman–Crippen MR) is 47.9 cm³/mol. The smallest absolute Gasteiger partial charge is 0.214 e. The van der Waals surface area contributed by atoms with Crippen molar-refractivity contribution < 1.29 is 9.53 Å². The molecular weight excluding hydrogens is 166 g/mol. The van der Waals surface area contributed by atoms with Crippen LogP contribution in [-0.4, -0.2) is 16.9 Å². The number of carbonyl (C=O) groups is 1. The van der Waals surface area contributed by atoms with Crippen LogP contribution in [0.5, 0.6) is 5.88 Å². The number of aromatic nitrogens is 1. The van der Waals surface area contributed by atoms with E-state index in [1.165, 1.54) is 0 Å². The molecule has 1 aliphatic rings. The minimum absolute atomic E-state index is 0.0332. The molecule has 0 aliphatic heterocycles. The van der Waals surface area contributed by atoms with Crippen molar-refractivity contribution in [1.82, 2.24) is 4.98 Å². The van der Waals surface area contributed by atoms with Crippen molar-refractivity contribution in [3.8, 4) is 5.88 Å². The summed E-state index contributed by atoms with van der Waals surface area (Å²) in [5.74, 6) is 0.546. The van der Waals surface area contributed by atoms with E-state index in [4.69, 9.17) is 4.74 Å². The van der Waals surface area contributed by atoms with Gasteiger partial charge in [-0.3, -0.25) is 4.79 Å². The topological polar surface area (TPSA) is 39.2 Å². The first-order valence-electron chi connectivity index (χ1n) is 4.33. The Balaban J connectivity index is 2.15. The van der Waals surface area contributed by atoms with Gasteiger partial charge in [0.25, 0.3) is 0 Å². The largest absolute Gasteiger partial charge is 0.471 e. The van der Waals surface area contributed by atoms with Gasteiger partial charge >= 0.3 is 0 Å². The van der Waals surface area contributed by atoms with Crippen molar-refractivity contribution in [3.05, 3.63) is 23.9 Å². The summed E-state index contributed by atoms with van der Waals surface area (Å²) in [6, 6.07) is 5.21. The lowest BCUT2D eigenvalue weighted by atomic mass is 10.3. The van der Waals surface area contributed by atoms with Gasteiger partial charge < -0.3 is 4.74 Å². The SMILES string of the molecule is CC1(Oc2cccc(C=O)n2)CC1. The lowest BCUT2D eigenvalue weighted by molar-refractivity contribution is 0.111. The van der Waals surface area contributed by atoms with Crippen molar-refractivity contribution in [3.63, 3.8) is 0 Å². The van der Waals surface area contributed by atoms with Crippen molar-refractivity contribution in [2.45, 2.75) is 25.4 Å². The number of nitrogens with zero attached hydrogens (tertiary/aromatic N) is 1. The standard InChI is InChI=1S/C10H11NO2/c1-10(5-6-10)13-9-4-2-3-8(7-12)11-9/h2-4,7H,5-6H2,1H3. The van der Waals surface area contributed by atoms with Crippen LogP contribution in [0.3, 0.4) is 0 Å². The van der Waals surface area contributed by atoms with Crippen molar-refractivity contribution in [2.75, 3.05) is 0 Å². The number of ether oxygens (including phenoxy) is 1. The second kappa shape index (κ2) is 2.83. The van der Waals surface area contributed by atoms with Gasteiger partial charge in [-0.1, -0.05) is 6.07 Å². The molecule has 1 saturated carbocycles. The maximum Gasteiger partial charge on any atom is 0.214 e. The van der Waals surface area contributed by atoms with Gasteiger partial charge in [0.2, 0.25) is 5.88 Å². The summed E-state index contributed by atoms with van der Waals surface area (Å²) in [5, 5.41) is 0. The Hall–Kier alpha value is -1.38. The molecular formula is C10H11NO2. The molecule has 1 aromatic rings. The number of carbonyl (C=O) groups excluding carboxylic acids is 1. The third-order valence-electron chi connectivity index (χ3n) is 2.17. The average Bonchev–Trinajstić information content (AvgIpc) is 2.84. The fraction of sp³-hybridized carbons (Fsp3) is 0.400. The molecule has 0 N–H and O–H groups in total. The van der Waals surface area contributed by atoms with Crippen LogP contribution in [0, 0.1) is 0 Å². The van der Waals surface area contributed by atoms with E-state index in [9.17, 15) is 4.79 Å². The average molecular weight is 177 g/mol. The number of aldehydes is 1.